The molecule has 0 atom stereocenters. The lowest BCUT2D eigenvalue weighted by atomic mass is 9.91. The van der Waals surface area contributed by atoms with E-state index in [4.69, 9.17) is 9.47 Å². The molecule has 4 heteroatoms. The number of methoxy groups -OCH3 is 1. The van der Waals surface area contributed by atoms with Crippen LogP contribution in [0.15, 0.2) is 6.07 Å². The molecule has 0 saturated carbocycles. The van der Waals surface area contributed by atoms with Gasteiger partial charge in [0, 0.05) is 11.6 Å². The molecule has 0 aliphatic carbocycles. The van der Waals surface area contributed by atoms with Gasteiger partial charge in [-0.05, 0) is 33.6 Å². The summed E-state index contributed by atoms with van der Waals surface area (Å²) in [4.78, 5) is 11.7. The van der Waals surface area contributed by atoms with Crippen molar-refractivity contribution in [2.45, 2.75) is 39.2 Å². The fourth-order valence-electron chi connectivity index (χ4n) is 2.29. The van der Waals surface area contributed by atoms with Crippen molar-refractivity contribution in [3.8, 4) is 17.2 Å². The molecule has 0 radical (unpaired) electrons. The van der Waals surface area contributed by atoms with Crippen LogP contribution in [-0.2, 0) is 6.42 Å². The molecular weight excluding hydrogens is 232 g/mol. The molecule has 1 heterocycles. The van der Waals surface area contributed by atoms with Gasteiger partial charge in [0.25, 0.3) is 0 Å². The summed E-state index contributed by atoms with van der Waals surface area (Å²) in [5, 5.41) is 9.94. The van der Waals surface area contributed by atoms with E-state index >= 15 is 0 Å². The maximum absolute atomic E-state index is 11.7. The van der Waals surface area contributed by atoms with E-state index in [-0.39, 0.29) is 22.7 Å². The molecule has 2 rings (SSSR count). The molecule has 0 aromatic heterocycles. The van der Waals surface area contributed by atoms with Gasteiger partial charge >= 0.3 is 0 Å². The molecular formula is C14H18O4. The van der Waals surface area contributed by atoms with Gasteiger partial charge in [0.05, 0.1) is 7.11 Å². The number of hydrogen-bond acceptors (Lipinski definition) is 4. The summed E-state index contributed by atoms with van der Waals surface area (Å²) in [7, 11) is 1.54. The van der Waals surface area contributed by atoms with Crippen molar-refractivity contribution in [3.63, 3.8) is 0 Å². The number of rotatable bonds is 2. The summed E-state index contributed by atoms with van der Waals surface area (Å²) in [5.74, 6) is 0.749. The van der Waals surface area contributed by atoms with Gasteiger partial charge in [0.15, 0.2) is 5.78 Å². The van der Waals surface area contributed by atoms with Crippen molar-refractivity contribution < 1.29 is 19.4 Å². The molecule has 18 heavy (non-hydrogen) atoms. The number of benzene rings is 1. The zero-order valence-electron chi connectivity index (χ0n) is 11.2. The predicted molar refractivity (Wildman–Crippen MR) is 67.7 cm³/mol. The lowest BCUT2D eigenvalue weighted by Gasteiger charge is -2.34. The van der Waals surface area contributed by atoms with E-state index in [1.807, 2.05) is 13.8 Å². The van der Waals surface area contributed by atoms with Crippen LogP contribution in [0.2, 0.25) is 0 Å². The summed E-state index contributed by atoms with van der Waals surface area (Å²) < 4.78 is 11.1. The third kappa shape index (κ3) is 2.03. The Kier molecular flexibility index (Phi) is 2.97. The van der Waals surface area contributed by atoms with Crippen molar-refractivity contribution in [1.82, 2.24) is 0 Å². The number of carbonyl (C=O) groups is 1. The molecule has 0 saturated heterocycles. The van der Waals surface area contributed by atoms with Gasteiger partial charge in [-0.3, -0.25) is 4.79 Å². The van der Waals surface area contributed by atoms with Crippen LogP contribution >= 0.6 is 0 Å². The van der Waals surface area contributed by atoms with E-state index in [1.54, 1.807) is 7.11 Å². The summed E-state index contributed by atoms with van der Waals surface area (Å²) in [6, 6.07) is 1.48. The number of ketones is 1. The topological polar surface area (TPSA) is 55.8 Å². The van der Waals surface area contributed by atoms with Crippen molar-refractivity contribution in [2.24, 2.45) is 0 Å². The zero-order valence-corrected chi connectivity index (χ0v) is 11.2. The minimum atomic E-state index is -0.337. The first kappa shape index (κ1) is 12.7. The summed E-state index contributed by atoms with van der Waals surface area (Å²) in [6.45, 7) is 5.36. The van der Waals surface area contributed by atoms with Crippen molar-refractivity contribution >= 4 is 5.78 Å². The monoisotopic (exact) mass is 250 g/mol. The number of ether oxygens (including phenoxy) is 2. The first-order valence-electron chi connectivity index (χ1n) is 5.98. The highest BCUT2D eigenvalue weighted by molar-refractivity contribution is 6.00. The van der Waals surface area contributed by atoms with E-state index in [0.29, 0.717) is 11.5 Å². The average molecular weight is 250 g/mol. The van der Waals surface area contributed by atoms with Crippen LogP contribution in [0.5, 0.6) is 17.2 Å². The van der Waals surface area contributed by atoms with Crippen molar-refractivity contribution in [2.75, 3.05) is 7.11 Å². The van der Waals surface area contributed by atoms with Gasteiger partial charge < -0.3 is 14.6 Å². The Morgan fingerprint density at radius 2 is 2.17 bits per heavy atom. The Morgan fingerprint density at radius 3 is 2.72 bits per heavy atom. The number of phenolic OH excluding ortho intramolecular Hbond substituents is 1. The maximum Gasteiger partial charge on any atom is 0.167 e. The molecule has 4 nitrogen and oxygen atoms in total. The Labute approximate surface area is 107 Å². The fraction of sp³-hybridized carbons (Fsp3) is 0.500. The maximum atomic E-state index is 11.7. The molecule has 1 aromatic rings. The highest BCUT2D eigenvalue weighted by Gasteiger charge is 2.33. The SMILES string of the molecule is COc1cc(O)c(C(C)=O)c2c1CCC(C)(C)O2. The highest BCUT2D eigenvalue weighted by atomic mass is 16.5. The number of aromatic hydroxyl groups is 1. The van der Waals surface area contributed by atoms with Crippen LogP contribution < -0.4 is 9.47 Å². The second-order valence-corrected chi connectivity index (χ2v) is 5.20. The van der Waals surface area contributed by atoms with Gasteiger partial charge in [-0.15, -0.1) is 0 Å². The van der Waals surface area contributed by atoms with Crippen LogP contribution in [0, 0.1) is 0 Å². The van der Waals surface area contributed by atoms with Crippen LogP contribution in [0.1, 0.15) is 43.1 Å². The molecule has 1 aliphatic rings. The number of hydrogen-bond donors (Lipinski definition) is 1. The first-order chi connectivity index (χ1) is 8.35. The van der Waals surface area contributed by atoms with Gasteiger partial charge in [0.1, 0.15) is 28.4 Å². The van der Waals surface area contributed by atoms with E-state index < -0.39 is 0 Å². The van der Waals surface area contributed by atoms with Crippen molar-refractivity contribution in [1.29, 1.82) is 0 Å². The van der Waals surface area contributed by atoms with Gasteiger partial charge in [0.2, 0.25) is 0 Å². The lowest BCUT2D eigenvalue weighted by Crippen LogP contribution is -2.33. The molecule has 1 aromatic carbocycles. The number of phenols is 1. The quantitative estimate of drug-likeness (QED) is 0.820. The van der Waals surface area contributed by atoms with E-state index in [9.17, 15) is 9.90 Å². The third-order valence-corrected chi connectivity index (χ3v) is 3.25. The Balaban J connectivity index is 2.68. The summed E-state index contributed by atoms with van der Waals surface area (Å²) in [6.07, 6.45) is 1.62. The Hall–Kier alpha value is -1.71. The standard InChI is InChI=1S/C14H18O4/c1-8(15)12-10(16)7-11(17-4)9-5-6-14(2,3)18-13(9)12/h7,16H,5-6H2,1-4H3. The second kappa shape index (κ2) is 4.19. The van der Waals surface area contributed by atoms with E-state index in [0.717, 1.165) is 18.4 Å². The van der Waals surface area contributed by atoms with Crippen LogP contribution in [0.4, 0.5) is 0 Å². The molecule has 1 N–H and O–H groups in total. The Morgan fingerprint density at radius 1 is 1.50 bits per heavy atom. The number of Topliss-reactive ketones (excluding diaryl/α,β-unsaturated/α-hetero) is 1. The Bertz CT molecular complexity index is 503. The molecule has 0 amide bonds. The number of fused-ring (bicyclic) bond motifs is 1. The summed E-state index contributed by atoms with van der Waals surface area (Å²) in [5.41, 5.74) is 0.772. The van der Waals surface area contributed by atoms with Gasteiger partial charge in [-0.25, -0.2) is 0 Å². The minimum Gasteiger partial charge on any atom is -0.507 e. The molecule has 0 unspecified atom stereocenters. The van der Waals surface area contributed by atoms with Crippen LogP contribution in [-0.4, -0.2) is 23.6 Å². The average Bonchev–Trinajstić information content (AvgIpc) is 2.25. The van der Waals surface area contributed by atoms with Crippen molar-refractivity contribution in [3.05, 3.63) is 17.2 Å². The minimum absolute atomic E-state index is 0.0872. The largest absolute Gasteiger partial charge is 0.507 e. The third-order valence-electron chi connectivity index (χ3n) is 3.25. The van der Waals surface area contributed by atoms with Gasteiger partial charge in [-0.1, -0.05) is 0 Å². The summed E-state index contributed by atoms with van der Waals surface area (Å²) >= 11 is 0. The predicted octanol–water partition coefficient (Wildman–Crippen LogP) is 2.71. The van der Waals surface area contributed by atoms with Gasteiger partial charge in [-0.2, -0.15) is 0 Å². The molecule has 0 bridgehead atoms. The molecule has 1 aliphatic heterocycles. The van der Waals surface area contributed by atoms with E-state index in [1.165, 1.54) is 13.0 Å². The van der Waals surface area contributed by atoms with Crippen LogP contribution in [0.3, 0.4) is 0 Å². The molecule has 98 valence electrons. The van der Waals surface area contributed by atoms with Crippen LogP contribution in [0.25, 0.3) is 0 Å². The smallest absolute Gasteiger partial charge is 0.167 e. The normalized spacial score (nSPS) is 16.7. The fourth-order valence-corrected chi connectivity index (χ4v) is 2.29. The lowest BCUT2D eigenvalue weighted by molar-refractivity contribution is 0.0795. The number of carbonyl (C=O) groups excluding carboxylic acids is 1. The second-order valence-electron chi connectivity index (χ2n) is 5.20. The zero-order chi connectivity index (χ0) is 13.5. The van der Waals surface area contributed by atoms with E-state index in [2.05, 4.69) is 0 Å². The molecule has 0 fully saturated rings. The first-order valence-corrected chi connectivity index (χ1v) is 5.98. The molecule has 0 spiro atoms. The highest BCUT2D eigenvalue weighted by Crippen LogP contribution is 2.44.